The van der Waals surface area contributed by atoms with Crippen molar-refractivity contribution in [2.75, 3.05) is 6.54 Å². The van der Waals surface area contributed by atoms with E-state index in [-0.39, 0.29) is 29.6 Å². The molecule has 1 N–H and O–H groups in total. The Bertz CT molecular complexity index is 275. The summed E-state index contributed by atoms with van der Waals surface area (Å²) in [6.45, 7) is 4.70. The largest absolute Gasteiger partial charge is 1.00 e. The monoisotopic (exact) mass is 363 g/mol. The van der Waals surface area contributed by atoms with Crippen LogP contribution in [0, 0.1) is 0 Å². The molecule has 0 saturated heterocycles. The minimum Gasteiger partial charge on any atom is -0.548 e. The Morgan fingerprint density at radius 1 is 0.720 bits per heavy atom. The van der Waals surface area contributed by atoms with Gasteiger partial charge in [0.25, 0.3) is 0 Å². The predicted octanol–water partition coefficient (Wildman–Crippen LogP) is 1.98. The van der Waals surface area contributed by atoms with Crippen molar-refractivity contribution in [1.82, 2.24) is 5.32 Å². The van der Waals surface area contributed by atoms with E-state index in [4.69, 9.17) is 0 Å². The molecule has 0 aromatic heterocycles. The van der Waals surface area contributed by atoms with E-state index in [1.54, 1.807) is 6.92 Å². The van der Waals surface area contributed by atoms with Gasteiger partial charge in [-0.1, -0.05) is 103 Å². The van der Waals surface area contributed by atoms with E-state index in [0.717, 1.165) is 13.0 Å². The first kappa shape index (κ1) is 27.6. The zero-order valence-electron chi connectivity index (χ0n) is 17.4. The van der Waals surface area contributed by atoms with Gasteiger partial charge in [-0.05, 0) is 19.9 Å². The maximum absolute atomic E-state index is 10.5. The summed E-state index contributed by atoms with van der Waals surface area (Å²) >= 11 is 0. The number of carbonyl (C=O) groups excluding carboxylic acids is 1. The Hall–Kier alpha value is 0.430. The standard InChI is InChI=1S/C21H43NO2.Na/c1-3-4-5-6-7-8-9-10-11-12-13-14-15-16-17-18-19-22-20(2)21(23)24;/h20,22H,3-19H2,1-2H3,(H,23,24);/q;+1/p-1. The van der Waals surface area contributed by atoms with E-state index in [1.165, 1.54) is 96.3 Å². The number of hydrogen-bond acceptors (Lipinski definition) is 3. The number of hydrogen-bond donors (Lipinski definition) is 1. The van der Waals surface area contributed by atoms with E-state index >= 15 is 0 Å². The molecule has 0 aliphatic rings. The number of nitrogens with one attached hydrogen (secondary N) is 1. The summed E-state index contributed by atoms with van der Waals surface area (Å²) in [5.74, 6) is -1.01. The molecule has 1 unspecified atom stereocenters. The van der Waals surface area contributed by atoms with Crippen molar-refractivity contribution in [2.45, 2.75) is 123 Å². The van der Waals surface area contributed by atoms with Crippen LogP contribution in [0.3, 0.4) is 0 Å². The average molecular weight is 364 g/mol. The SMILES string of the molecule is CCCCCCCCCCCCCCCCCCNC(C)C(=O)[O-].[Na+]. The van der Waals surface area contributed by atoms with Gasteiger partial charge in [-0.3, -0.25) is 0 Å². The Labute approximate surface area is 179 Å². The van der Waals surface area contributed by atoms with Gasteiger partial charge in [0.2, 0.25) is 0 Å². The van der Waals surface area contributed by atoms with E-state index < -0.39 is 12.0 Å². The van der Waals surface area contributed by atoms with E-state index in [0.29, 0.717) is 0 Å². The molecule has 144 valence electrons. The Morgan fingerprint density at radius 3 is 1.36 bits per heavy atom. The predicted molar refractivity (Wildman–Crippen MR) is 102 cm³/mol. The van der Waals surface area contributed by atoms with Crippen LogP contribution >= 0.6 is 0 Å². The second-order valence-electron chi connectivity index (χ2n) is 7.30. The summed E-state index contributed by atoms with van der Waals surface area (Å²) in [6.07, 6.45) is 21.8. The van der Waals surface area contributed by atoms with Crippen molar-refractivity contribution in [3.05, 3.63) is 0 Å². The normalized spacial score (nSPS) is 11.9. The quantitative estimate of drug-likeness (QED) is 0.282. The van der Waals surface area contributed by atoms with Crippen molar-refractivity contribution < 1.29 is 39.5 Å². The number of carboxylic acid groups (broad SMARTS) is 1. The third-order valence-electron chi connectivity index (χ3n) is 4.83. The zero-order chi connectivity index (χ0) is 17.9. The van der Waals surface area contributed by atoms with Crippen LogP contribution in [-0.2, 0) is 4.79 Å². The molecule has 0 radical (unpaired) electrons. The van der Waals surface area contributed by atoms with Gasteiger partial charge in [-0.2, -0.15) is 0 Å². The molecule has 0 rings (SSSR count). The van der Waals surface area contributed by atoms with E-state index in [1.807, 2.05) is 0 Å². The molecule has 1 atom stereocenters. The molecule has 0 aromatic rings. The molecule has 0 bridgehead atoms. The van der Waals surface area contributed by atoms with Crippen molar-refractivity contribution >= 4 is 5.97 Å². The van der Waals surface area contributed by atoms with Gasteiger partial charge < -0.3 is 15.2 Å². The maximum atomic E-state index is 10.5. The van der Waals surface area contributed by atoms with Crippen LogP contribution in [0.25, 0.3) is 0 Å². The molecule has 0 spiro atoms. The van der Waals surface area contributed by atoms with Crippen LogP contribution in [0.15, 0.2) is 0 Å². The summed E-state index contributed by atoms with van der Waals surface area (Å²) in [5.41, 5.74) is 0. The third kappa shape index (κ3) is 22.4. The maximum Gasteiger partial charge on any atom is 1.00 e. The average Bonchev–Trinajstić information content (AvgIpc) is 2.57. The van der Waals surface area contributed by atoms with Gasteiger partial charge in [0.05, 0.1) is 5.97 Å². The fourth-order valence-electron chi connectivity index (χ4n) is 3.07. The van der Waals surface area contributed by atoms with Crippen LogP contribution in [-0.4, -0.2) is 18.6 Å². The topological polar surface area (TPSA) is 52.2 Å². The number of rotatable bonds is 19. The molecular formula is C21H42NNaO2. The molecule has 0 fully saturated rings. The Kier molecular flexibility index (Phi) is 24.9. The molecular weight excluding hydrogens is 321 g/mol. The van der Waals surface area contributed by atoms with Gasteiger partial charge in [0, 0.05) is 6.04 Å². The molecule has 4 heteroatoms. The molecule has 0 aliphatic carbocycles. The van der Waals surface area contributed by atoms with Crippen LogP contribution in [0.5, 0.6) is 0 Å². The molecule has 0 aliphatic heterocycles. The number of carbonyl (C=O) groups is 1. The molecule has 0 heterocycles. The first-order valence-corrected chi connectivity index (χ1v) is 10.6. The second-order valence-corrected chi connectivity index (χ2v) is 7.30. The van der Waals surface area contributed by atoms with Gasteiger partial charge in [-0.25, -0.2) is 0 Å². The fraction of sp³-hybridized carbons (Fsp3) is 0.952. The van der Waals surface area contributed by atoms with Crippen molar-refractivity contribution in [3.8, 4) is 0 Å². The zero-order valence-corrected chi connectivity index (χ0v) is 19.4. The minimum atomic E-state index is -1.01. The fourth-order valence-corrected chi connectivity index (χ4v) is 3.07. The summed E-state index contributed by atoms with van der Waals surface area (Å²) in [4.78, 5) is 10.5. The smallest absolute Gasteiger partial charge is 0.548 e. The first-order valence-electron chi connectivity index (χ1n) is 10.6. The van der Waals surface area contributed by atoms with Crippen LogP contribution in [0.1, 0.15) is 117 Å². The van der Waals surface area contributed by atoms with E-state index in [2.05, 4.69) is 12.2 Å². The van der Waals surface area contributed by atoms with Crippen molar-refractivity contribution in [1.29, 1.82) is 0 Å². The summed E-state index contributed by atoms with van der Waals surface area (Å²) in [6, 6.07) is -0.527. The first-order chi connectivity index (χ1) is 11.7. The van der Waals surface area contributed by atoms with Gasteiger partial charge in [0.15, 0.2) is 0 Å². The van der Waals surface area contributed by atoms with Gasteiger partial charge in [-0.15, -0.1) is 0 Å². The van der Waals surface area contributed by atoms with Gasteiger partial charge >= 0.3 is 29.6 Å². The Balaban J connectivity index is 0. The molecule has 25 heavy (non-hydrogen) atoms. The second kappa shape index (κ2) is 22.5. The minimum absolute atomic E-state index is 0. The molecule has 0 amide bonds. The summed E-state index contributed by atoms with van der Waals surface area (Å²) < 4.78 is 0. The molecule has 0 saturated carbocycles. The Morgan fingerprint density at radius 2 is 1.04 bits per heavy atom. The summed E-state index contributed by atoms with van der Waals surface area (Å²) in [5, 5.41) is 13.5. The number of aliphatic carboxylic acids is 1. The van der Waals surface area contributed by atoms with E-state index in [9.17, 15) is 9.90 Å². The number of carboxylic acids is 1. The van der Waals surface area contributed by atoms with Crippen molar-refractivity contribution in [3.63, 3.8) is 0 Å². The molecule has 0 aromatic carbocycles. The van der Waals surface area contributed by atoms with Crippen molar-refractivity contribution in [2.24, 2.45) is 0 Å². The molecule has 3 nitrogen and oxygen atoms in total. The van der Waals surface area contributed by atoms with Gasteiger partial charge in [0.1, 0.15) is 0 Å². The van der Waals surface area contributed by atoms with Crippen LogP contribution in [0.4, 0.5) is 0 Å². The van der Waals surface area contributed by atoms with Crippen LogP contribution < -0.4 is 40.0 Å². The van der Waals surface area contributed by atoms with Crippen LogP contribution in [0.2, 0.25) is 0 Å². The third-order valence-corrected chi connectivity index (χ3v) is 4.83. The number of unbranched alkanes of at least 4 members (excludes halogenated alkanes) is 15. The summed E-state index contributed by atoms with van der Waals surface area (Å²) in [7, 11) is 0.